The van der Waals surface area contributed by atoms with Crippen LogP contribution in [0.1, 0.15) is 23.1 Å². The minimum Gasteiger partial charge on any atom is -0.508 e. The molecule has 190 valence electrons. The van der Waals surface area contributed by atoms with E-state index in [9.17, 15) is 39.9 Å². The second-order valence-electron chi connectivity index (χ2n) is 9.22. The third kappa shape index (κ3) is 3.30. The fourth-order valence-electron chi connectivity index (χ4n) is 5.57. The predicted octanol–water partition coefficient (Wildman–Crippen LogP) is 1.40. The van der Waals surface area contributed by atoms with E-state index in [1.807, 2.05) is 0 Å². The molecule has 0 radical (unpaired) electrons. The zero-order valence-electron chi connectivity index (χ0n) is 19.5. The molecule has 0 aliphatic heterocycles. The second kappa shape index (κ2) is 8.32. The summed E-state index contributed by atoms with van der Waals surface area (Å²) in [5, 5.41) is 55.4. The number of hydrogen-bond donors (Lipinski definition) is 6. The normalized spacial score (nSPS) is 28.1. The minimum atomic E-state index is -2.90. The van der Waals surface area contributed by atoms with Crippen molar-refractivity contribution in [2.24, 2.45) is 17.6 Å². The minimum absolute atomic E-state index is 0.110. The second-order valence-corrected chi connectivity index (χ2v) is 9.22. The number of carbonyl (C=O) groups excluding carboxylic acids is 3. The maximum Gasteiger partial charge on any atom is 0.255 e. The van der Waals surface area contributed by atoms with Crippen LogP contribution in [-0.4, -0.2) is 61.8 Å². The number of aliphatic hydroxyl groups is 4. The highest BCUT2D eigenvalue weighted by Crippen LogP contribution is 2.55. The van der Waals surface area contributed by atoms with Gasteiger partial charge in [0.1, 0.15) is 28.6 Å². The first-order valence-corrected chi connectivity index (χ1v) is 11.4. The number of primary amides is 1. The van der Waals surface area contributed by atoms with Gasteiger partial charge >= 0.3 is 0 Å². The molecule has 2 aromatic rings. The number of phenols is 1. The van der Waals surface area contributed by atoms with E-state index in [-0.39, 0.29) is 11.3 Å². The molecule has 4 atom stereocenters. The number of nitrogens with two attached hydrogens (primary N) is 1. The van der Waals surface area contributed by atoms with E-state index in [0.717, 1.165) is 0 Å². The number of phenolic OH excluding ortho intramolecular Hbond substituents is 1. The smallest absolute Gasteiger partial charge is 0.255 e. The van der Waals surface area contributed by atoms with Crippen LogP contribution < -0.4 is 10.5 Å². The lowest BCUT2D eigenvalue weighted by Crippen LogP contribution is -2.63. The summed E-state index contributed by atoms with van der Waals surface area (Å²) in [6, 6.07) is 11.2. The summed E-state index contributed by atoms with van der Waals surface area (Å²) >= 11 is 0. The number of ketones is 2. The number of rotatable bonds is 3. The van der Waals surface area contributed by atoms with E-state index in [2.05, 4.69) is 0 Å². The van der Waals surface area contributed by atoms with Crippen molar-refractivity contribution in [2.75, 3.05) is 7.11 Å². The Labute approximate surface area is 210 Å². The maximum atomic E-state index is 13.8. The molecule has 5 rings (SSSR count). The number of amides is 1. The highest BCUT2D eigenvalue weighted by Gasteiger charge is 2.64. The molecular formula is C27H23NO9. The van der Waals surface area contributed by atoms with E-state index >= 15 is 0 Å². The van der Waals surface area contributed by atoms with Crippen molar-refractivity contribution in [1.29, 1.82) is 0 Å². The molecule has 10 nitrogen and oxygen atoms in total. The van der Waals surface area contributed by atoms with Gasteiger partial charge in [0.2, 0.25) is 5.78 Å². The summed E-state index contributed by atoms with van der Waals surface area (Å²) in [6.07, 6.45) is -0.676. The Balaban J connectivity index is 1.79. The average molecular weight is 505 g/mol. The summed E-state index contributed by atoms with van der Waals surface area (Å²) < 4.78 is 5.18. The van der Waals surface area contributed by atoms with Gasteiger partial charge in [0.05, 0.1) is 24.4 Å². The van der Waals surface area contributed by atoms with Crippen LogP contribution in [0, 0.1) is 11.8 Å². The fourth-order valence-corrected chi connectivity index (χ4v) is 5.57. The molecule has 1 saturated carbocycles. The number of methoxy groups -OCH3 is 1. The molecule has 0 saturated heterocycles. The van der Waals surface area contributed by atoms with Crippen LogP contribution in [0.5, 0.6) is 11.5 Å². The van der Waals surface area contributed by atoms with Crippen LogP contribution in [0.25, 0.3) is 17.4 Å². The molecule has 0 spiro atoms. The van der Waals surface area contributed by atoms with E-state index in [1.54, 1.807) is 36.4 Å². The number of Topliss-reactive ketones (excluding diaryl/α,β-unsaturated/α-hetero) is 2. The summed E-state index contributed by atoms with van der Waals surface area (Å²) in [7, 11) is 1.51. The molecule has 37 heavy (non-hydrogen) atoms. The lowest BCUT2D eigenvalue weighted by atomic mass is 9.56. The van der Waals surface area contributed by atoms with Crippen molar-refractivity contribution in [3.8, 4) is 11.5 Å². The van der Waals surface area contributed by atoms with E-state index < -0.39 is 70.1 Å². The van der Waals surface area contributed by atoms with Crippen molar-refractivity contribution in [2.45, 2.75) is 18.1 Å². The van der Waals surface area contributed by atoms with Crippen molar-refractivity contribution in [3.05, 3.63) is 76.1 Å². The highest BCUT2D eigenvalue weighted by atomic mass is 16.5. The van der Waals surface area contributed by atoms with Crippen LogP contribution in [-0.2, 0) is 14.4 Å². The third-order valence-corrected chi connectivity index (χ3v) is 7.34. The fraction of sp³-hybridized carbons (Fsp3) is 0.222. The zero-order chi connectivity index (χ0) is 26.8. The van der Waals surface area contributed by atoms with Gasteiger partial charge < -0.3 is 36.0 Å². The van der Waals surface area contributed by atoms with Crippen molar-refractivity contribution in [3.63, 3.8) is 0 Å². The van der Waals surface area contributed by atoms with Crippen molar-refractivity contribution >= 4 is 34.9 Å². The number of hydrogen-bond acceptors (Lipinski definition) is 9. The zero-order valence-corrected chi connectivity index (χ0v) is 19.5. The molecule has 1 fully saturated rings. The Hall–Kier alpha value is -4.41. The largest absolute Gasteiger partial charge is 0.508 e. The van der Waals surface area contributed by atoms with E-state index in [4.69, 9.17) is 10.5 Å². The predicted molar refractivity (Wildman–Crippen MR) is 130 cm³/mol. The Kier molecular flexibility index (Phi) is 5.47. The molecule has 3 aliphatic carbocycles. The van der Waals surface area contributed by atoms with Gasteiger partial charge in [-0.25, -0.2) is 0 Å². The maximum absolute atomic E-state index is 13.8. The summed E-state index contributed by atoms with van der Waals surface area (Å²) in [4.78, 5) is 38.2. The first kappa shape index (κ1) is 24.3. The summed E-state index contributed by atoms with van der Waals surface area (Å²) in [6.45, 7) is 0. The van der Waals surface area contributed by atoms with E-state index in [0.29, 0.717) is 22.4 Å². The van der Waals surface area contributed by atoms with Gasteiger partial charge in [-0.3, -0.25) is 14.4 Å². The SMILES string of the molecule is COc1ccc(/C=C2\c3cccc(O)c3C(O)=C3C(=O)[C@]4(O)C(O)=C(C(N)=O)C(=O)C[C@@H]4[C@@H](O)[C@@H]32)cc1. The van der Waals surface area contributed by atoms with Gasteiger partial charge in [0.15, 0.2) is 11.4 Å². The van der Waals surface area contributed by atoms with Crippen LogP contribution in [0.2, 0.25) is 0 Å². The van der Waals surface area contributed by atoms with Gasteiger partial charge in [-0.15, -0.1) is 0 Å². The first-order valence-electron chi connectivity index (χ1n) is 11.4. The quantitative estimate of drug-likeness (QED) is 0.335. The number of aromatic hydroxyl groups is 1. The van der Waals surface area contributed by atoms with Crippen LogP contribution in [0.4, 0.5) is 0 Å². The molecule has 10 heteroatoms. The molecule has 0 heterocycles. The van der Waals surface area contributed by atoms with Gasteiger partial charge in [-0.05, 0) is 34.9 Å². The molecule has 1 amide bonds. The molecule has 2 aromatic carbocycles. The molecule has 0 bridgehead atoms. The highest BCUT2D eigenvalue weighted by molar-refractivity contribution is 6.23. The van der Waals surface area contributed by atoms with Crippen molar-refractivity contribution < 1.29 is 44.7 Å². The summed E-state index contributed by atoms with van der Waals surface area (Å²) in [5.41, 5.74) is 2.05. The Morgan fingerprint density at radius 1 is 1.11 bits per heavy atom. The topological polar surface area (TPSA) is 188 Å². The molecule has 7 N–H and O–H groups in total. The van der Waals surface area contributed by atoms with E-state index in [1.165, 1.54) is 19.2 Å². The van der Waals surface area contributed by atoms with Crippen LogP contribution in [0.3, 0.4) is 0 Å². The number of benzene rings is 2. The molecule has 0 unspecified atom stereocenters. The van der Waals surface area contributed by atoms with Gasteiger partial charge in [0, 0.05) is 18.3 Å². The molecule has 0 aromatic heterocycles. The lowest BCUT2D eigenvalue weighted by Gasteiger charge is -2.49. The monoisotopic (exact) mass is 505 g/mol. The standard InChI is InChI=1S/C27H23NO9/c1-37-12-7-5-11(6-8-12)9-14-13-3-2-4-16(29)18(13)23(32)21-19(14)22(31)15-10-17(30)20(26(28)35)24(33)27(15,36)25(21)34/h2-9,15,19,22,29,31-33,36H,10H2,1H3,(H2,28,35)/b14-9+/t15-,19-,22-,27-/m1/s1. The van der Waals surface area contributed by atoms with Crippen molar-refractivity contribution in [1.82, 2.24) is 0 Å². The number of aliphatic hydroxyl groups excluding tert-OH is 3. The van der Waals surface area contributed by atoms with Gasteiger partial charge in [-0.1, -0.05) is 30.3 Å². The third-order valence-electron chi connectivity index (χ3n) is 7.34. The number of fused-ring (bicyclic) bond motifs is 3. The van der Waals surface area contributed by atoms with Crippen LogP contribution in [0.15, 0.2) is 59.4 Å². The Morgan fingerprint density at radius 2 is 1.78 bits per heavy atom. The number of ether oxygens (including phenoxy) is 1. The first-order chi connectivity index (χ1) is 17.5. The molecular weight excluding hydrogens is 482 g/mol. The number of carbonyl (C=O) groups is 3. The average Bonchev–Trinajstić information content (AvgIpc) is 2.86. The Bertz CT molecular complexity index is 1470. The van der Waals surface area contributed by atoms with Crippen LogP contribution >= 0.6 is 0 Å². The lowest BCUT2D eigenvalue weighted by molar-refractivity contribution is -0.157. The Morgan fingerprint density at radius 3 is 2.41 bits per heavy atom. The summed E-state index contributed by atoms with van der Waals surface area (Å²) in [5.74, 6) is -8.04. The van der Waals surface area contributed by atoms with Gasteiger partial charge in [0.25, 0.3) is 5.91 Å². The van der Waals surface area contributed by atoms with Gasteiger partial charge in [-0.2, -0.15) is 0 Å². The molecule has 3 aliphatic rings.